The number of carboxylic acid groups (broad SMARTS) is 1. The van der Waals surface area contributed by atoms with E-state index >= 15 is 0 Å². The lowest BCUT2D eigenvalue weighted by Crippen LogP contribution is -2.68. The van der Waals surface area contributed by atoms with Crippen molar-refractivity contribution in [3.8, 4) is 11.1 Å². The molecular formula is C28H36N7O9S2+. The third kappa shape index (κ3) is 8.13. The van der Waals surface area contributed by atoms with Gasteiger partial charge in [0.05, 0.1) is 29.8 Å². The van der Waals surface area contributed by atoms with Gasteiger partial charge in [-0.05, 0) is 44.4 Å². The summed E-state index contributed by atoms with van der Waals surface area (Å²) in [6.45, 7) is 4.28. The summed E-state index contributed by atoms with van der Waals surface area (Å²) in [4.78, 5) is 47.4. The molecule has 248 valence electrons. The van der Waals surface area contributed by atoms with Crippen molar-refractivity contribution < 1.29 is 46.3 Å². The van der Waals surface area contributed by atoms with E-state index in [1.54, 1.807) is 0 Å². The standard InChI is InChI=1S/C28H35N7O9S2/c1-28(2)20(25(37)35(28)44-46(40,41)42)13-22(36)24(21-16-45-27(30)31-21)32-43-23(26(38)39)10-7-17-5-8-18(9-6-17)19-14-33(3)34(15-19)12-4-11-29/h5-6,8-9,14-16,20,23H,4,7,10-13,29H2,1-3H3,(H3-,30,31,38,39,40,41,42)/p+1/b32-24-/t20-,23?/m1/s1. The van der Waals surface area contributed by atoms with Crippen LogP contribution in [0.15, 0.2) is 47.2 Å². The lowest BCUT2D eigenvalue weighted by Gasteiger charge is -2.50. The van der Waals surface area contributed by atoms with E-state index in [0.717, 1.165) is 41.0 Å². The monoisotopic (exact) mass is 678 g/mol. The average Bonchev–Trinajstić information content (AvgIpc) is 3.59. The first-order valence-electron chi connectivity index (χ1n) is 14.2. The van der Waals surface area contributed by atoms with E-state index in [0.29, 0.717) is 18.0 Å². The van der Waals surface area contributed by atoms with Gasteiger partial charge in [0, 0.05) is 18.2 Å². The van der Waals surface area contributed by atoms with Crippen LogP contribution in [0.5, 0.6) is 0 Å². The van der Waals surface area contributed by atoms with Gasteiger partial charge in [-0.15, -0.1) is 20.3 Å². The van der Waals surface area contributed by atoms with Crippen molar-refractivity contribution in [2.45, 2.75) is 57.7 Å². The van der Waals surface area contributed by atoms with Crippen molar-refractivity contribution in [1.82, 2.24) is 14.7 Å². The fraction of sp³-hybridized carbons (Fsp3) is 0.429. The van der Waals surface area contributed by atoms with Crippen LogP contribution in [0.2, 0.25) is 0 Å². The maximum atomic E-state index is 13.3. The smallest absolute Gasteiger partial charge is 0.418 e. The van der Waals surface area contributed by atoms with Crippen LogP contribution >= 0.6 is 11.3 Å². The SMILES string of the molecule is C[n+]1cc(-c2ccc(CCC(O/N=C(\C(=O)C[C@@H]3C(=O)N(OS(=O)(=O)O)C3(C)C)c3csc(N)n3)C(=O)O)cc2)cn1CCCN. The summed E-state index contributed by atoms with van der Waals surface area (Å²) in [5, 5.41) is 15.7. The highest BCUT2D eigenvalue weighted by atomic mass is 32.3. The molecule has 16 nitrogen and oxygen atoms in total. The molecule has 3 aromatic rings. The second kappa shape index (κ2) is 14.0. The van der Waals surface area contributed by atoms with E-state index in [1.165, 1.54) is 19.2 Å². The Labute approximate surface area is 269 Å². The van der Waals surface area contributed by atoms with E-state index in [4.69, 9.17) is 20.9 Å². The highest BCUT2D eigenvalue weighted by Gasteiger charge is 2.57. The number of anilines is 1. The molecule has 2 aromatic heterocycles. The molecule has 18 heteroatoms. The number of oxime groups is 1. The second-order valence-electron chi connectivity index (χ2n) is 11.2. The Morgan fingerprint density at radius 2 is 1.93 bits per heavy atom. The van der Waals surface area contributed by atoms with E-state index in [-0.39, 0.29) is 23.0 Å². The number of amides is 1. The zero-order valence-electron chi connectivity index (χ0n) is 25.4. The van der Waals surface area contributed by atoms with Gasteiger partial charge in [-0.2, -0.15) is 18.2 Å². The van der Waals surface area contributed by atoms with Gasteiger partial charge >= 0.3 is 16.4 Å². The highest BCUT2D eigenvalue weighted by Crippen LogP contribution is 2.40. The van der Waals surface area contributed by atoms with E-state index in [1.807, 2.05) is 48.4 Å². The number of carbonyl (C=O) groups excluding carboxylic acids is 2. The Balaban J connectivity index is 1.44. The fourth-order valence-corrected chi connectivity index (χ4v) is 5.97. The van der Waals surface area contributed by atoms with Crippen LogP contribution in [-0.4, -0.2) is 74.4 Å². The summed E-state index contributed by atoms with van der Waals surface area (Å²) in [6, 6.07) is 7.69. The molecule has 1 amide bonds. The first kappa shape index (κ1) is 34.6. The number of nitrogens with zero attached hydrogens (tertiary/aromatic N) is 5. The predicted molar refractivity (Wildman–Crippen MR) is 165 cm³/mol. The number of ketones is 1. The summed E-state index contributed by atoms with van der Waals surface area (Å²) in [5.74, 6) is -3.94. The third-order valence-corrected chi connectivity index (χ3v) is 8.61. The molecule has 0 bridgehead atoms. The number of hydrogen-bond donors (Lipinski definition) is 4. The molecule has 1 aromatic carbocycles. The van der Waals surface area contributed by atoms with Gasteiger partial charge in [0.2, 0.25) is 12.3 Å². The van der Waals surface area contributed by atoms with Crippen LogP contribution in [0, 0.1) is 5.92 Å². The topological polar surface area (TPSA) is 234 Å². The zero-order valence-corrected chi connectivity index (χ0v) is 27.0. The van der Waals surface area contributed by atoms with E-state index in [2.05, 4.69) is 19.1 Å². The minimum Gasteiger partial charge on any atom is -0.478 e. The number of hydrogen-bond acceptors (Lipinski definition) is 12. The number of Topliss-reactive ketones (excluding diaryl/α,β-unsaturated/α-hetero) is 1. The molecule has 6 N–H and O–H groups in total. The van der Waals surface area contributed by atoms with Crippen LogP contribution in [0.25, 0.3) is 11.1 Å². The minimum absolute atomic E-state index is 0.0214. The van der Waals surface area contributed by atoms with Crippen molar-refractivity contribution >= 4 is 50.2 Å². The highest BCUT2D eigenvalue weighted by molar-refractivity contribution is 7.80. The number of aromatic nitrogens is 3. The Morgan fingerprint density at radius 1 is 1.24 bits per heavy atom. The Kier molecular flexibility index (Phi) is 10.6. The number of β-lactam (4-membered cyclic amide) rings is 1. The summed E-state index contributed by atoms with van der Waals surface area (Å²) >= 11 is 1.01. The van der Waals surface area contributed by atoms with Crippen LogP contribution in [-0.2, 0) is 53.9 Å². The number of carbonyl (C=O) groups is 3. The number of benzene rings is 1. The average molecular weight is 679 g/mol. The maximum absolute atomic E-state index is 13.3. The molecule has 0 spiro atoms. The summed E-state index contributed by atoms with van der Waals surface area (Å²) in [6.07, 6.45) is 3.38. The second-order valence-corrected chi connectivity index (χ2v) is 13.1. The number of thiazole rings is 1. The zero-order chi connectivity index (χ0) is 33.8. The molecule has 4 rings (SSSR count). The molecular weight excluding hydrogens is 642 g/mol. The fourth-order valence-electron chi connectivity index (χ4n) is 4.97. The molecule has 1 unspecified atom stereocenters. The Hall–Kier alpha value is -4.23. The van der Waals surface area contributed by atoms with Gasteiger partial charge in [0.25, 0.3) is 5.91 Å². The molecule has 46 heavy (non-hydrogen) atoms. The van der Waals surface area contributed by atoms with E-state index in [9.17, 15) is 27.9 Å². The number of aryl methyl sites for hydroxylation is 3. The van der Waals surface area contributed by atoms with Crippen LogP contribution in [0.3, 0.4) is 0 Å². The number of carboxylic acids is 1. The number of aliphatic carboxylic acids is 1. The molecule has 1 aliphatic rings. The predicted octanol–water partition coefficient (Wildman–Crippen LogP) is 1.10. The Morgan fingerprint density at radius 3 is 2.50 bits per heavy atom. The first-order chi connectivity index (χ1) is 21.6. The van der Waals surface area contributed by atoms with Crippen LogP contribution in [0.4, 0.5) is 5.13 Å². The summed E-state index contributed by atoms with van der Waals surface area (Å²) in [5.41, 5.74) is 12.6. The van der Waals surface area contributed by atoms with Gasteiger partial charge in [-0.1, -0.05) is 29.4 Å². The van der Waals surface area contributed by atoms with Gasteiger partial charge in [0.15, 0.2) is 23.7 Å². The van der Waals surface area contributed by atoms with Crippen LogP contribution in [0.1, 0.15) is 44.4 Å². The molecule has 2 atom stereocenters. The molecule has 0 radical (unpaired) electrons. The van der Waals surface area contributed by atoms with Crippen LogP contribution < -0.4 is 16.1 Å². The van der Waals surface area contributed by atoms with Gasteiger partial charge in [0.1, 0.15) is 5.69 Å². The van der Waals surface area contributed by atoms with Crippen molar-refractivity contribution in [2.24, 2.45) is 23.9 Å². The van der Waals surface area contributed by atoms with Crippen molar-refractivity contribution in [1.29, 1.82) is 0 Å². The third-order valence-electron chi connectivity index (χ3n) is 7.60. The quantitative estimate of drug-likeness (QED) is 0.0548. The van der Waals surface area contributed by atoms with E-state index < -0.39 is 52.0 Å². The minimum atomic E-state index is -4.97. The van der Waals surface area contributed by atoms with Crippen molar-refractivity contribution in [2.75, 3.05) is 12.3 Å². The van der Waals surface area contributed by atoms with Gasteiger partial charge in [-0.3, -0.25) is 14.1 Å². The van der Waals surface area contributed by atoms with Crippen molar-refractivity contribution in [3.05, 3.63) is 53.3 Å². The molecule has 1 aliphatic heterocycles. The molecule has 0 saturated carbocycles. The molecule has 1 saturated heterocycles. The van der Waals surface area contributed by atoms with Gasteiger partial charge in [-0.25, -0.2) is 9.78 Å². The number of nitrogens with two attached hydrogens (primary N) is 2. The molecule has 0 aliphatic carbocycles. The van der Waals surface area contributed by atoms with Gasteiger partial charge < -0.3 is 21.4 Å². The normalized spacial score (nSPS) is 17.1. The molecule has 3 heterocycles. The first-order valence-corrected chi connectivity index (χ1v) is 16.4. The molecule has 1 fully saturated rings. The van der Waals surface area contributed by atoms with Crippen molar-refractivity contribution in [3.63, 3.8) is 0 Å². The largest absolute Gasteiger partial charge is 0.478 e. The lowest BCUT2D eigenvalue weighted by atomic mass is 9.74. The lowest BCUT2D eigenvalue weighted by molar-refractivity contribution is -0.753. The maximum Gasteiger partial charge on any atom is 0.418 e. The number of rotatable bonds is 16. The number of hydroxylamine groups is 2. The summed E-state index contributed by atoms with van der Waals surface area (Å²) < 4.78 is 39.6. The summed E-state index contributed by atoms with van der Waals surface area (Å²) in [7, 11) is -3.02. The number of nitrogen functional groups attached to an aromatic ring is 1. The Bertz CT molecular complexity index is 1730.